The fourth-order valence-electron chi connectivity index (χ4n) is 2.32. The molecule has 0 bridgehead atoms. The van der Waals surface area contributed by atoms with Gasteiger partial charge in [0.2, 0.25) is 10.2 Å². The van der Waals surface area contributed by atoms with Gasteiger partial charge in [0.1, 0.15) is 0 Å². The van der Waals surface area contributed by atoms with Crippen molar-refractivity contribution in [2.75, 3.05) is 0 Å². The van der Waals surface area contributed by atoms with Gasteiger partial charge in [-0.15, -0.1) is 0 Å². The zero-order valence-electron chi connectivity index (χ0n) is 8.66. The van der Waals surface area contributed by atoms with Crippen LogP contribution in [-0.2, 0) is 22.4 Å². The van der Waals surface area contributed by atoms with E-state index in [1.165, 1.54) is 11.1 Å². The van der Waals surface area contributed by atoms with Crippen molar-refractivity contribution in [3.8, 4) is 0 Å². The molecule has 1 aromatic rings. The summed E-state index contributed by atoms with van der Waals surface area (Å²) in [6, 6.07) is 8.14. The Morgan fingerprint density at radius 3 is 2.38 bits per heavy atom. The lowest BCUT2D eigenvalue weighted by Crippen LogP contribution is -2.20. The van der Waals surface area contributed by atoms with Gasteiger partial charge >= 0.3 is 0 Å². The maximum atomic E-state index is 11.7. The summed E-state index contributed by atoms with van der Waals surface area (Å²) in [6.07, 6.45) is 1.91. The molecule has 0 atom stereocenters. The molecule has 2 nitrogen and oxygen atoms in total. The van der Waals surface area contributed by atoms with Crippen molar-refractivity contribution in [1.82, 2.24) is 0 Å². The molecule has 0 aromatic heterocycles. The maximum Gasteiger partial charge on any atom is 0.223 e. The number of allylic oxidation sites excluding steroid dienone is 1. The highest BCUT2D eigenvalue weighted by atomic mass is 32.2. The van der Waals surface area contributed by atoms with Gasteiger partial charge < -0.3 is 0 Å². The van der Waals surface area contributed by atoms with Crippen LogP contribution in [0.3, 0.4) is 0 Å². The van der Waals surface area contributed by atoms with E-state index in [1.54, 1.807) is 0 Å². The first kappa shape index (κ1) is 9.85. The fourth-order valence-corrected chi connectivity index (χ4v) is 3.11. The second-order valence-electron chi connectivity index (χ2n) is 4.14. The monoisotopic (exact) mass is 230 g/mol. The minimum absolute atomic E-state index is 0.0110. The normalized spacial score (nSPS) is 19.5. The van der Waals surface area contributed by atoms with Gasteiger partial charge in [-0.3, -0.25) is 9.59 Å². The number of fused-ring (bicyclic) bond motifs is 1. The number of rotatable bonds is 0. The number of benzene rings is 1. The third kappa shape index (κ3) is 1.52. The summed E-state index contributed by atoms with van der Waals surface area (Å²) < 4.78 is 0. The van der Waals surface area contributed by atoms with Crippen LogP contribution in [0.15, 0.2) is 35.4 Å². The lowest BCUT2D eigenvalue weighted by molar-refractivity contribution is -0.112. The first-order chi connectivity index (χ1) is 7.74. The molecule has 0 N–H and O–H groups in total. The molecular formula is C13H10O2S. The Bertz CT molecular complexity index is 528. The van der Waals surface area contributed by atoms with E-state index in [4.69, 9.17) is 0 Å². The minimum Gasteiger partial charge on any atom is -0.286 e. The average Bonchev–Trinajstić information content (AvgIpc) is 2.27. The number of hydrogen-bond donors (Lipinski definition) is 0. The third-order valence-electron chi connectivity index (χ3n) is 3.13. The van der Waals surface area contributed by atoms with E-state index in [9.17, 15) is 9.59 Å². The van der Waals surface area contributed by atoms with Crippen LogP contribution in [0.25, 0.3) is 0 Å². The van der Waals surface area contributed by atoms with E-state index in [-0.39, 0.29) is 10.2 Å². The Morgan fingerprint density at radius 2 is 1.62 bits per heavy atom. The van der Waals surface area contributed by atoms with Crippen molar-refractivity contribution >= 4 is 22.0 Å². The molecular weight excluding hydrogens is 220 g/mol. The molecule has 80 valence electrons. The smallest absolute Gasteiger partial charge is 0.223 e. The Balaban J connectivity index is 2.05. The molecule has 1 aliphatic carbocycles. The summed E-state index contributed by atoms with van der Waals surface area (Å²) in [6.45, 7) is 0. The lowest BCUT2D eigenvalue weighted by Gasteiger charge is -2.24. The van der Waals surface area contributed by atoms with Crippen LogP contribution in [0.1, 0.15) is 17.5 Å². The van der Waals surface area contributed by atoms with Crippen LogP contribution in [0.2, 0.25) is 0 Å². The van der Waals surface area contributed by atoms with E-state index in [1.807, 2.05) is 12.1 Å². The van der Waals surface area contributed by atoms with Gasteiger partial charge in [0.15, 0.2) is 0 Å². The molecule has 3 heteroatoms. The molecule has 0 saturated heterocycles. The summed E-state index contributed by atoms with van der Waals surface area (Å²) in [4.78, 5) is 23.1. The van der Waals surface area contributed by atoms with E-state index >= 15 is 0 Å². The summed E-state index contributed by atoms with van der Waals surface area (Å²) in [5.74, 6) is 0. The highest BCUT2D eigenvalue weighted by Crippen LogP contribution is 2.35. The molecule has 0 saturated carbocycles. The van der Waals surface area contributed by atoms with Crippen molar-refractivity contribution in [1.29, 1.82) is 0 Å². The quantitative estimate of drug-likeness (QED) is 0.685. The zero-order chi connectivity index (χ0) is 11.1. The first-order valence-electron chi connectivity index (χ1n) is 5.27. The molecule has 3 rings (SSSR count). The van der Waals surface area contributed by atoms with E-state index in [0.29, 0.717) is 12.8 Å². The van der Waals surface area contributed by atoms with Gasteiger partial charge in [0.05, 0.1) is 0 Å². The third-order valence-corrected chi connectivity index (χ3v) is 3.93. The predicted molar refractivity (Wildman–Crippen MR) is 63.1 cm³/mol. The standard InChI is InChI=1S/C13H10O2S/c14-12-7-10-5-8-3-1-2-4-9(8)6-11(10)13(15)16-12/h1-4H,5-7H2. The highest BCUT2D eigenvalue weighted by molar-refractivity contribution is 8.26. The molecule has 0 amide bonds. The molecule has 1 aromatic carbocycles. The van der Waals surface area contributed by atoms with Crippen molar-refractivity contribution in [2.24, 2.45) is 0 Å². The average molecular weight is 230 g/mol. The number of thioether (sulfide) groups is 1. The van der Waals surface area contributed by atoms with Gasteiger partial charge in [-0.2, -0.15) is 0 Å². The van der Waals surface area contributed by atoms with Crippen LogP contribution in [0, 0.1) is 0 Å². The number of carbonyl (C=O) groups excluding carboxylic acids is 2. The van der Waals surface area contributed by atoms with Crippen molar-refractivity contribution in [3.05, 3.63) is 46.5 Å². The van der Waals surface area contributed by atoms with Gasteiger partial charge in [0, 0.05) is 18.4 Å². The largest absolute Gasteiger partial charge is 0.286 e. The van der Waals surface area contributed by atoms with E-state index < -0.39 is 0 Å². The van der Waals surface area contributed by atoms with Crippen LogP contribution < -0.4 is 0 Å². The molecule has 16 heavy (non-hydrogen) atoms. The Hall–Kier alpha value is -1.35. The fraction of sp³-hybridized carbons (Fsp3) is 0.231. The summed E-state index contributed by atoms with van der Waals surface area (Å²) in [5.41, 5.74) is 4.38. The Labute approximate surface area is 97.7 Å². The van der Waals surface area contributed by atoms with Crippen LogP contribution >= 0.6 is 11.8 Å². The van der Waals surface area contributed by atoms with Crippen LogP contribution in [0.4, 0.5) is 0 Å². The van der Waals surface area contributed by atoms with E-state index in [2.05, 4.69) is 12.1 Å². The Kier molecular flexibility index (Phi) is 2.21. The van der Waals surface area contributed by atoms with Gasteiger partial charge in [-0.05, 0) is 34.9 Å². The predicted octanol–water partition coefficient (Wildman–Crippen LogP) is 2.27. The first-order valence-corrected chi connectivity index (χ1v) is 6.08. The lowest BCUT2D eigenvalue weighted by atomic mass is 9.85. The molecule has 0 unspecified atom stereocenters. The second-order valence-corrected chi connectivity index (χ2v) is 5.17. The molecule has 1 aliphatic heterocycles. The van der Waals surface area contributed by atoms with Gasteiger partial charge in [0.25, 0.3) is 0 Å². The molecule has 0 fully saturated rings. The second kappa shape index (κ2) is 3.59. The van der Waals surface area contributed by atoms with Crippen LogP contribution in [0.5, 0.6) is 0 Å². The minimum atomic E-state index is -0.0410. The Morgan fingerprint density at radius 1 is 0.938 bits per heavy atom. The molecule has 1 heterocycles. The van der Waals surface area contributed by atoms with Gasteiger partial charge in [-0.1, -0.05) is 24.3 Å². The van der Waals surface area contributed by atoms with Crippen molar-refractivity contribution in [3.63, 3.8) is 0 Å². The number of carbonyl (C=O) groups is 2. The zero-order valence-corrected chi connectivity index (χ0v) is 9.47. The highest BCUT2D eigenvalue weighted by Gasteiger charge is 2.30. The number of hydrogen-bond acceptors (Lipinski definition) is 3. The molecule has 0 radical (unpaired) electrons. The van der Waals surface area contributed by atoms with Crippen molar-refractivity contribution in [2.45, 2.75) is 19.3 Å². The maximum absolute atomic E-state index is 11.7. The van der Waals surface area contributed by atoms with Crippen molar-refractivity contribution < 1.29 is 9.59 Å². The molecule has 2 aliphatic rings. The summed E-state index contributed by atoms with van der Waals surface area (Å²) >= 11 is 0.866. The van der Waals surface area contributed by atoms with Gasteiger partial charge in [-0.25, -0.2) is 0 Å². The topological polar surface area (TPSA) is 34.1 Å². The van der Waals surface area contributed by atoms with E-state index in [0.717, 1.165) is 29.3 Å². The summed E-state index contributed by atoms with van der Waals surface area (Å²) in [5, 5.41) is -0.0520. The van der Waals surface area contributed by atoms with Crippen LogP contribution in [-0.4, -0.2) is 10.2 Å². The summed E-state index contributed by atoms with van der Waals surface area (Å²) in [7, 11) is 0. The SMILES string of the molecule is O=C1CC2=C(Cc3ccccc3C2)C(=O)S1. The molecule has 0 spiro atoms.